The second-order valence-electron chi connectivity index (χ2n) is 5.07. The van der Waals surface area contributed by atoms with Crippen molar-refractivity contribution < 1.29 is 53.6 Å². The summed E-state index contributed by atoms with van der Waals surface area (Å²) in [4.78, 5) is 0. The molecule has 21 heavy (non-hydrogen) atoms. The smallest absolute Gasteiger partial charge is 0.384 e. The molecule has 2 nitrogen and oxygen atoms in total. The Hall–Kier alpha value is -0.244. The van der Waals surface area contributed by atoms with Gasteiger partial charge in [-0.15, -0.1) is 5.73 Å². The van der Waals surface area contributed by atoms with Crippen LogP contribution < -0.4 is 0 Å². The van der Waals surface area contributed by atoms with Gasteiger partial charge in [0.2, 0.25) is 0 Å². The maximum absolute atomic E-state index is 11.5. The van der Waals surface area contributed by atoms with E-state index in [1.165, 1.54) is 0 Å². The maximum atomic E-state index is 11.5. The maximum Gasteiger partial charge on any atom is 0.414 e. The number of hydrogen-bond acceptors (Lipinski definition) is 2. The van der Waals surface area contributed by atoms with Crippen molar-refractivity contribution in [1.29, 1.82) is 0 Å². The Labute approximate surface area is 131 Å². The van der Waals surface area contributed by atoms with E-state index < -0.39 is 39.1 Å². The molecule has 131 valence electrons. The molecule has 0 amide bonds. The Kier molecular flexibility index (Phi) is 11.9. The van der Waals surface area contributed by atoms with Gasteiger partial charge in [-0.1, -0.05) is 31.9 Å². The van der Waals surface area contributed by atoms with Gasteiger partial charge < -0.3 is 10.2 Å². The van der Waals surface area contributed by atoms with Gasteiger partial charge >= 0.3 is 12.4 Å². The fourth-order valence-electron chi connectivity index (χ4n) is 0.785. The zero-order valence-corrected chi connectivity index (χ0v) is 13.6. The fraction of sp³-hybridized carbons (Fsp3) is 0.727. The van der Waals surface area contributed by atoms with Gasteiger partial charge in [0.05, 0.1) is 8.07 Å². The van der Waals surface area contributed by atoms with Crippen LogP contribution in [0.15, 0.2) is 18.0 Å². The minimum absolute atomic E-state index is 0. The average Bonchev–Trinajstić information content (AvgIpc) is 2.13. The van der Waals surface area contributed by atoms with E-state index in [1.54, 1.807) is 0 Å². The number of alkyl halides is 6. The molecule has 1 radical (unpaired) electrons. The Balaban J connectivity index is -0.000000347. The number of aliphatic hydroxyl groups excluding tert-OH is 2. The summed E-state index contributed by atoms with van der Waals surface area (Å²) in [5.41, 5.74) is 4.88. The van der Waals surface area contributed by atoms with Crippen molar-refractivity contribution in [1.82, 2.24) is 0 Å². The van der Waals surface area contributed by atoms with E-state index in [9.17, 15) is 26.3 Å². The van der Waals surface area contributed by atoms with Crippen LogP contribution in [-0.2, 0) is 17.1 Å². The summed E-state index contributed by atoms with van der Waals surface area (Å²) in [5.74, 6) is 0. The number of rotatable bonds is 3. The standard InChI is InChI=1S/C6H12Si.C5H6F6O2.Cu/c1-5-6-7(2,3)4;6-4(7,8)2(12)1-3(13)5(9,10)11;/h6H,1H2,2-4H3;2-3,12-13H,1H2;. The van der Waals surface area contributed by atoms with Crippen LogP contribution in [0.25, 0.3) is 0 Å². The molecule has 2 N–H and O–H groups in total. The molecular formula is C11H18CuF6O2Si. The third-order valence-corrected chi connectivity index (χ3v) is 2.81. The van der Waals surface area contributed by atoms with E-state index in [0.717, 1.165) is 0 Å². The van der Waals surface area contributed by atoms with Crippen molar-refractivity contribution in [2.24, 2.45) is 0 Å². The van der Waals surface area contributed by atoms with Crippen LogP contribution in [0.5, 0.6) is 0 Å². The molecular weight excluding hydrogens is 370 g/mol. The monoisotopic (exact) mass is 387 g/mol. The molecule has 0 aliphatic rings. The minimum Gasteiger partial charge on any atom is -0.384 e. The third kappa shape index (κ3) is 16.0. The SMILES string of the molecule is C=C=C[Si](C)(C)C.OC(CC(O)C(F)(F)F)C(F)(F)F.[Cu]. The van der Waals surface area contributed by atoms with Gasteiger partial charge in [-0.2, -0.15) is 26.3 Å². The molecule has 0 saturated heterocycles. The van der Waals surface area contributed by atoms with Crippen LogP contribution in [-0.4, -0.2) is 42.8 Å². The molecule has 0 saturated carbocycles. The zero-order valence-electron chi connectivity index (χ0n) is 11.6. The Morgan fingerprint density at radius 2 is 1.29 bits per heavy atom. The van der Waals surface area contributed by atoms with Crippen LogP contribution in [0.4, 0.5) is 26.3 Å². The topological polar surface area (TPSA) is 40.5 Å². The Bertz CT molecular complexity index is 313. The first-order chi connectivity index (χ1) is 8.61. The van der Waals surface area contributed by atoms with Crippen molar-refractivity contribution in [2.45, 2.75) is 50.6 Å². The molecule has 0 aromatic heterocycles. The Morgan fingerprint density at radius 3 is 1.38 bits per heavy atom. The molecule has 10 heteroatoms. The van der Waals surface area contributed by atoms with Crippen LogP contribution in [0.3, 0.4) is 0 Å². The number of halogens is 6. The van der Waals surface area contributed by atoms with Crippen LogP contribution >= 0.6 is 0 Å². The van der Waals surface area contributed by atoms with E-state index in [0.29, 0.717) is 0 Å². The van der Waals surface area contributed by atoms with Crippen molar-refractivity contribution in [3.63, 3.8) is 0 Å². The summed E-state index contributed by atoms with van der Waals surface area (Å²) in [7, 11) is -0.956. The first kappa shape index (κ1) is 25.7. The Morgan fingerprint density at radius 1 is 1.00 bits per heavy atom. The second kappa shape index (κ2) is 9.71. The van der Waals surface area contributed by atoms with Crippen LogP contribution in [0.1, 0.15) is 6.42 Å². The van der Waals surface area contributed by atoms with Gasteiger partial charge in [0.1, 0.15) is 0 Å². The molecule has 2 unspecified atom stereocenters. The summed E-state index contributed by atoms with van der Waals surface area (Å²) >= 11 is 0. The predicted molar refractivity (Wildman–Crippen MR) is 65.8 cm³/mol. The van der Waals surface area contributed by atoms with Gasteiger partial charge in [-0.25, -0.2) is 0 Å². The van der Waals surface area contributed by atoms with Crippen molar-refractivity contribution in [3.05, 3.63) is 18.0 Å². The van der Waals surface area contributed by atoms with Gasteiger partial charge in [0.25, 0.3) is 0 Å². The summed E-state index contributed by atoms with van der Waals surface area (Å²) in [6.45, 7) is 10.3. The summed E-state index contributed by atoms with van der Waals surface area (Å²) in [6, 6.07) is 0. The molecule has 2 atom stereocenters. The molecule has 0 aromatic carbocycles. The second-order valence-corrected chi connectivity index (χ2v) is 10.1. The van der Waals surface area contributed by atoms with E-state index in [1.807, 2.05) is 0 Å². The van der Waals surface area contributed by atoms with Gasteiger partial charge in [-0.05, 0) is 0 Å². The van der Waals surface area contributed by atoms with E-state index >= 15 is 0 Å². The molecule has 0 fully saturated rings. The van der Waals surface area contributed by atoms with E-state index in [4.69, 9.17) is 10.2 Å². The molecule has 0 rings (SSSR count). The molecule has 0 aliphatic carbocycles. The quantitative estimate of drug-likeness (QED) is 0.442. The molecule has 0 aliphatic heterocycles. The molecule has 0 spiro atoms. The minimum atomic E-state index is -5.15. The normalized spacial score (nSPS) is 14.8. The summed E-state index contributed by atoms with van der Waals surface area (Å²) in [5, 5.41) is 16.3. The summed E-state index contributed by atoms with van der Waals surface area (Å²) < 4.78 is 68.8. The van der Waals surface area contributed by atoms with Gasteiger partial charge in [0.15, 0.2) is 12.2 Å². The van der Waals surface area contributed by atoms with Gasteiger partial charge in [-0.3, -0.25) is 0 Å². The van der Waals surface area contributed by atoms with Crippen molar-refractivity contribution >= 4 is 8.07 Å². The molecule has 0 aromatic rings. The van der Waals surface area contributed by atoms with Crippen molar-refractivity contribution in [3.8, 4) is 0 Å². The first-order valence-electron chi connectivity index (χ1n) is 5.48. The van der Waals surface area contributed by atoms with Gasteiger partial charge in [0, 0.05) is 23.5 Å². The third-order valence-electron chi connectivity index (χ3n) is 1.74. The van der Waals surface area contributed by atoms with Crippen LogP contribution in [0, 0.1) is 0 Å². The first-order valence-corrected chi connectivity index (χ1v) is 9.05. The van der Waals surface area contributed by atoms with E-state index in [-0.39, 0.29) is 17.1 Å². The predicted octanol–water partition coefficient (Wildman–Crippen LogP) is 3.43. The molecule has 0 bridgehead atoms. The molecule has 0 heterocycles. The van der Waals surface area contributed by atoms with Crippen molar-refractivity contribution in [2.75, 3.05) is 0 Å². The summed E-state index contributed by atoms with van der Waals surface area (Å²) in [6.07, 6.45) is -18.4. The largest absolute Gasteiger partial charge is 0.414 e. The number of aliphatic hydroxyl groups is 2. The fourth-order valence-corrected chi connectivity index (χ4v) is 1.40. The van der Waals surface area contributed by atoms with E-state index in [2.05, 4.69) is 37.7 Å². The van der Waals surface area contributed by atoms with Crippen LogP contribution in [0.2, 0.25) is 19.6 Å². The zero-order chi connectivity index (χ0) is 16.8. The average molecular weight is 388 g/mol. The number of hydrogen-bond donors (Lipinski definition) is 2.